The number of nitrogens with zero attached hydrogens (tertiary/aromatic N) is 3. The third-order valence-electron chi connectivity index (χ3n) is 2.54. The highest BCUT2D eigenvalue weighted by Gasteiger charge is 2.25. The van der Waals surface area contributed by atoms with E-state index >= 15 is 0 Å². The zero-order chi connectivity index (χ0) is 13.5. The first kappa shape index (κ1) is 13.5. The second-order valence-electron chi connectivity index (χ2n) is 5.08. The normalized spacial score (nSPS) is 11.8. The molecule has 0 aliphatic carbocycles. The molecule has 0 aliphatic rings. The molecule has 0 fully saturated rings. The number of nitrogens with two attached hydrogens (primary N) is 1. The van der Waals surface area contributed by atoms with Crippen LogP contribution in [0.4, 0.5) is 5.82 Å². The van der Waals surface area contributed by atoms with Gasteiger partial charge in [-0.25, -0.2) is 4.68 Å². The molecule has 0 saturated carbocycles. The molecule has 6 heteroatoms. The van der Waals surface area contributed by atoms with Gasteiger partial charge in [0.1, 0.15) is 0 Å². The number of rotatable bonds is 1. The zero-order valence-electron chi connectivity index (χ0n) is 10.4. The number of anilines is 1. The van der Waals surface area contributed by atoms with E-state index in [1.54, 1.807) is 4.68 Å². The average Bonchev–Trinajstić information content (AvgIpc) is 2.59. The molecule has 0 bridgehead atoms. The third kappa shape index (κ3) is 2.44. The highest BCUT2D eigenvalue weighted by molar-refractivity contribution is 9.11. The van der Waals surface area contributed by atoms with Crippen molar-refractivity contribution in [3.8, 4) is 5.69 Å². The number of aromatic nitrogens is 3. The maximum absolute atomic E-state index is 5.93. The highest BCUT2D eigenvalue weighted by Crippen LogP contribution is 2.31. The molecule has 0 spiro atoms. The Labute approximate surface area is 123 Å². The molecule has 0 unspecified atom stereocenters. The molecule has 96 valence electrons. The Kier molecular flexibility index (Phi) is 3.51. The minimum Gasteiger partial charge on any atom is -0.381 e. The summed E-state index contributed by atoms with van der Waals surface area (Å²) in [5.74, 6) is 0.470. The Balaban J connectivity index is 2.65. The summed E-state index contributed by atoms with van der Waals surface area (Å²) in [5.41, 5.74) is 7.63. The predicted octanol–water partition coefficient (Wildman–Crippen LogP) is 3.67. The topological polar surface area (TPSA) is 56.7 Å². The van der Waals surface area contributed by atoms with E-state index in [9.17, 15) is 0 Å². The summed E-state index contributed by atoms with van der Waals surface area (Å²) in [4.78, 5) is 0. The van der Waals surface area contributed by atoms with E-state index in [-0.39, 0.29) is 5.41 Å². The summed E-state index contributed by atoms with van der Waals surface area (Å²) < 4.78 is 3.72. The Morgan fingerprint density at radius 2 is 1.89 bits per heavy atom. The standard InChI is InChI=1S/C12H14Br2N4/c1-12(2,3)10-11(15)16-17-18(10)9-5-4-7(13)6-8(9)14/h4-6H,15H2,1-3H3. The van der Waals surface area contributed by atoms with Gasteiger partial charge in [-0.05, 0) is 34.1 Å². The maximum atomic E-state index is 5.93. The molecule has 0 amide bonds. The summed E-state index contributed by atoms with van der Waals surface area (Å²) in [7, 11) is 0. The van der Waals surface area contributed by atoms with Gasteiger partial charge in [-0.1, -0.05) is 41.9 Å². The van der Waals surface area contributed by atoms with E-state index in [0.29, 0.717) is 5.82 Å². The SMILES string of the molecule is CC(C)(C)c1c(N)nnn1-c1ccc(Br)cc1Br. The smallest absolute Gasteiger partial charge is 0.170 e. The van der Waals surface area contributed by atoms with E-state index in [4.69, 9.17) is 5.73 Å². The predicted molar refractivity (Wildman–Crippen MR) is 79.9 cm³/mol. The Morgan fingerprint density at radius 3 is 2.44 bits per heavy atom. The second kappa shape index (κ2) is 4.66. The number of benzene rings is 1. The molecule has 2 rings (SSSR count). The van der Waals surface area contributed by atoms with Crippen LogP contribution < -0.4 is 5.73 Å². The van der Waals surface area contributed by atoms with E-state index in [1.165, 1.54) is 0 Å². The molecule has 1 aromatic carbocycles. The van der Waals surface area contributed by atoms with Crippen molar-refractivity contribution in [2.45, 2.75) is 26.2 Å². The molecule has 0 atom stereocenters. The van der Waals surface area contributed by atoms with Gasteiger partial charge in [0.05, 0.1) is 11.4 Å². The minimum absolute atomic E-state index is 0.125. The van der Waals surface area contributed by atoms with Crippen LogP contribution in [0.1, 0.15) is 26.5 Å². The lowest BCUT2D eigenvalue weighted by atomic mass is 9.91. The molecule has 0 aliphatic heterocycles. The number of hydrogen-bond donors (Lipinski definition) is 1. The van der Waals surface area contributed by atoms with Crippen molar-refractivity contribution in [1.82, 2.24) is 15.0 Å². The van der Waals surface area contributed by atoms with Crippen molar-refractivity contribution < 1.29 is 0 Å². The van der Waals surface area contributed by atoms with Crippen molar-refractivity contribution in [3.05, 3.63) is 32.8 Å². The van der Waals surface area contributed by atoms with Crippen molar-refractivity contribution in [1.29, 1.82) is 0 Å². The van der Waals surface area contributed by atoms with Gasteiger partial charge in [0.25, 0.3) is 0 Å². The van der Waals surface area contributed by atoms with Gasteiger partial charge in [-0.15, -0.1) is 5.10 Å². The van der Waals surface area contributed by atoms with Crippen LogP contribution in [-0.4, -0.2) is 15.0 Å². The highest BCUT2D eigenvalue weighted by atomic mass is 79.9. The van der Waals surface area contributed by atoms with E-state index in [0.717, 1.165) is 20.3 Å². The molecule has 1 aromatic heterocycles. The lowest BCUT2D eigenvalue weighted by Gasteiger charge is -2.20. The molecule has 1 heterocycles. The Bertz CT molecular complexity index is 584. The molecule has 2 N–H and O–H groups in total. The maximum Gasteiger partial charge on any atom is 0.170 e. The van der Waals surface area contributed by atoms with Crippen LogP contribution in [0.15, 0.2) is 27.1 Å². The van der Waals surface area contributed by atoms with Gasteiger partial charge in [-0.3, -0.25) is 0 Å². The van der Waals surface area contributed by atoms with Gasteiger partial charge in [-0.2, -0.15) is 0 Å². The van der Waals surface area contributed by atoms with Crippen LogP contribution >= 0.6 is 31.9 Å². The monoisotopic (exact) mass is 372 g/mol. The van der Waals surface area contributed by atoms with Crippen molar-refractivity contribution in [2.75, 3.05) is 5.73 Å². The molecule has 4 nitrogen and oxygen atoms in total. The Morgan fingerprint density at radius 1 is 1.22 bits per heavy atom. The van der Waals surface area contributed by atoms with Crippen LogP contribution in [0.5, 0.6) is 0 Å². The van der Waals surface area contributed by atoms with Gasteiger partial charge >= 0.3 is 0 Å². The van der Waals surface area contributed by atoms with E-state index in [2.05, 4.69) is 62.9 Å². The van der Waals surface area contributed by atoms with Crippen LogP contribution in [0.3, 0.4) is 0 Å². The molecular formula is C12H14Br2N4. The number of nitrogen functional groups attached to an aromatic ring is 1. The van der Waals surface area contributed by atoms with Crippen LogP contribution in [0, 0.1) is 0 Å². The fourth-order valence-corrected chi connectivity index (χ4v) is 3.03. The fourth-order valence-electron chi connectivity index (χ4n) is 1.82. The summed E-state index contributed by atoms with van der Waals surface area (Å²) in [6.07, 6.45) is 0. The first-order chi connectivity index (χ1) is 8.30. The summed E-state index contributed by atoms with van der Waals surface area (Å²) in [6, 6.07) is 5.90. The lowest BCUT2D eigenvalue weighted by Crippen LogP contribution is -2.19. The molecule has 0 saturated heterocycles. The number of halogens is 2. The molecule has 18 heavy (non-hydrogen) atoms. The van der Waals surface area contributed by atoms with Crippen LogP contribution in [0.2, 0.25) is 0 Å². The van der Waals surface area contributed by atoms with Gasteiger partial charge < -0.3 is 5.73 Å². The Hall–Kier alpha value is -0.880. The van der Waals surface area contributed by atoms with Crippen molar-refractivity contribution >= 4 is 37.7 Å². The first-order valence-corrected chi connectivity index (χ1v) is 7.06. The minimum atomic E-state index is -0.125. The van der Waals surface area contributed by atoms with Crippen LogP contribution in [-0.2, 0) is 5.41 Å². The second-order valence-corrected chi connectivity index (χ2v) is 6.85. The first-order valence-electron chi connectivity index (χ1n) is 5.48. The zero-order valence-corrected chi connectivity index (χ0v) is 13.6. The summed E-state index contributed by atoms with van der Waals surface area (Å²) in [5, 5.41) is 8.12. The van der Waals surface area contributed by atoms with Crippen molar-refractivity contribution in [2.24, 2.45) is 0 Å². The van der Waals surface area contributed by atoms with Crippen LogP contribution in [0.25, 0.3) is 5.69 Å². The van der Waals surface area contributed by atoms with E-state index in [1.807, 2.05) is 18.2 Å². The van der Waals surface area contributed by atoms with Gasteiger partial charge in [0, 0.05) is 14.4 Å². The molecule has 0 radical (unpaired) electrons. The number of hydrogen-bond acceptors (Lipinski definition) is 3. The largest absolute Gasteiger partial charge is 0.381 e. The lowest BCUT2D eigenvalue weighted by molar-refractivity contribution is 0.544. The summed E-state index contributed by atoms with van der Waals surface area (Å²) >= 11 is 6.97. The molecular weight excluding hydrogens is 360 g/mol. The molecule has 2 aromatic rings. The average molecular weight is 374 g/mol. The summed E-state index contributed by atoms with van der Waals surface area (Å²) in [6.45, 7) is 6.27. The fraction of sp³-hybridized carbons (Fsp3) is 0.333. The van der Waals surface area contributed by atoms with Gasteiger partial charge in [0.15, 0.2) is 5.82 Å². The van der Waals surface area contributed by atoms with E-state index < -0.39 is 0 Å². The van der Waals surface area contributed by atoms with Crippen molar-refractivity contribution in [3.63, 3.8) is 0 Å². The van der Waals surface area contributed by atoms with Gasteiger partial charge in [0.2, 0.25) is 0 Å². The quantitative estimate of drug-likeness (QED) is 0.829. The third-order valence-corrected chi connectivity index (χ3v) is 3.67.